The van der Waals surface area contributed by atoms with Crippen LogP contribution >= 0.6 is 11.6 Å². The summed E-state index contributed by atoms with van der Waals surface area (Å²) in [5.74, 6) is -0.726. The van der Waals surface area contributed by atoms with Gasteiger partial charge >= 0.3 is 11.8 Å². The highest BCUT2D eigenvalue weighted by atomic mass is 35.5. The molecule has 2 saturated heterocycles. The minimum Gasteiger partial charge on any atom is -0.330 e. The molecule has 2 aliphatic rings. The lowest BCUT2D eigenvalue weighted by atomic mass is 10.1. The molecule has 3 rings (SSSR count). The van der Waals surface area contributed by atoms with E-state index in [1.54, 1.807) is 21.9 Å². The first-order valence-electron chi connectivity index (χ1n) is 6.49. The summed E-state index contributed by atoms with van der Waals surface area (Å²) in [5.41, 5.74) is 0.997. The average Bonchev–Trinajstić information content (AvgIpc) is 2.86. The van der Waals surface area contributed by atoms with Crippen LogP contribution in [0.4, 0.5) is 0 Å². The first-order chi connectivity index (χ1) is 9.15. The number of hydrogen-bond donors (Lipinski definition) is 0. The van der Waals surface area contributed by atoms with E-state index in [1.807, 2.05) is 12.1 Å². The van der Waals surface area contributed by atoms with Crippen molar-refractivity contribution in [3.05, 3.63) is 34.9 Å². The second-order valence-electron chi connectivity index (χ2n) is 5.11. The summed E-state index contributed by atoms with van der Waals surface area (Å²) in [6, 6.07) is 7.59. The van der Waals surface area contributed by atoms with Crippen LogP contribution in [-0.2, 0) is 16.1 Å². The molecule has 4 nitrogen and oxygen atoms in total. The fourth-order valence-corrected chi connectivity index (χ4v) is 2.96. The van der Waals surface area contributed by atoms with Gasteiger partial charge in [-0.25, -0.2) is 0 Å². The van der Waals surface area contributed by atoms with Crippen LogP contribution in [0.25, 0.3) is 0 Å². The van der Waals surface area contributed by atoms with Crippen molar-refractivity contribution in [3.8, 4) is 0 Å². The van der Waals surface area contributed by atoms with Crippen LogP contribution in [0.1, 0.15) is 18.4 Å². The van der Waals surface area contributed by atoms with E-state index >= 15 is 0 Å². The number of carbonyl (C=O) groups is 2. The summed E-state index contributed by atoms with van der Waals surface area (Å²) < 4.78 is 0. The Morgan fingerprint density at radius 3 is 2.63 bits per heavy atom. The molecular formula is C14H15ClN2O2. The lowest BCUT2D eigenvalue weighted by molar-refractivity contribution is -0.157. The molecular weight excluding hydrogens is 264 g/mol. The molecule has 0 aromatic heterocycles. The third kappa shape index (κ3) is 2.32. The van der Waals surface area contributed by atoms with Gasteiger partial charge in [0, 0.05) is 30.7 Å². The van der Waals surface area contributed by atoms with E-state index in [0.717, 1.165) is 24.9 Å². The minimum absolute atomic E-state index is 0.206. The molecule has 2 heterocycles. The van der Waals surface area contributed by atoms with E-state index in [1.165, 1.54) is 0 Å². The van der Waals surface area contributed by atoms with E-state index in [-0.39, 0.29) is 17.9 Å². The van der Waals surface area contributed by atoms with Crippen LogP contribution in [-0.4, -0.2) is 40.7 Å². The summed E-state index contributed by atoms with van der Waals surface area (Å²) in [7, 11) is 0. The van der Waals surface area contributed by atoms with Gasteiger partial charge in [-0.2, -0.15) is 0 Å². The normalized spacial score (nSPS) is 22.9. The second-order valence-corrected chi connectivity index (χ2v) is 5.54. The second kappa shape index (κ2) is 4.85. The lowest BCUT2D eigenvalue weighted by Gasteiger charge is -2.36. The minimum atomic E-state index is -0.381. The third-order valence-corrected chi connectivity index (χ3v) is 4.08. The quantitative estimate of drug-likeness (QED) is 0.772. The summed E-state index contributed by atoms with van der Waals surface area (Å²) >= 11 is 5.84. The van der Waals surface area contributed by atoms with Crippen LogP contribution in [0.15, 0.2) is 24.3 Å². The molecule has 1 aromatic carbocycles. The fraction of sp³-hybridized carbons (Fsp3) is 0.429. The molecule has 0 spiro atoms. The average molecular weight is 279 g/mol. The molecule has 0 saturated carbocycles. The van der Waals surface area contributed by atoms with Gasteiger partial charge in [0.15, 0.2) is 0 Å². The van der Waals surface area contributed by atoms with Crippen LogP contribution in [0.2, 0.25) is 5.02 Å². The Morgan fingerprint density at radius 1 is 1.16 bits per heavy atom. The molecule has 19 heavy (non-hydrogen) atoms. The number of hydrogen-bond acceptors (Lipinski definition) is 2. The number of piperazine rings is 1. The number of fused-ring (bicyclic) bond motifs is 1. The highest BCUT2D eigenvalue weighted by Crippen LogP contribution is 2.24. The Labute approximate surface area is 116 Å². The number of halogens is 1. The number of amides is 2. The van der Waals surface area contributed by atoms with Crippen molar-refractivity contribution in [1.29, 1.82) is 0 Å². The molecule has 0 bridgehead atoms. The van der Waals surface area contributed by atoms with Crippen molar-refractivity contribution in [2.45, 2.75) is 25.4 Å². The molecule has 0 aliphatic carbocycles. The first kappa shape index (κ1) is 12.5. The summed E-state index contributed by atoms with van der Waals surface area (Å²) in [6.07, 6.45) is 1.99. The molecule has 1 unspecified atom stereocenters. The Balaban J connectivity index is 1.75. The Kier molecular flexibility index (Phi) is 3.19. The zero-order valence-electron chi connectivity index (χ0n) is 10.5. The van der Waals surface area contributed by atoms with Crippen LogP contribution in [0.3, 0.4) is 0 Å². The van der Waals surface area contributed by atoms with Gasteiger partial charge in [-0.15, -0.1) is 0 Å². The third-order valence-electron chi connectivity index (χ3n) is 3.83. The standard InChI is InChI=1S/C14H15ClN2O2/c15-11-5-3-10(4-6-11)8-16-9-12-2-1-7-17(12)14(19)13(16)18/h3-6,12H,1-2,7-9H2. The van der Waals surface area contributed by atoms with Crippen molar-refractivity contribution in [1.82, 2.24) is 9.80 Å². The predicted octanol–water partition coefficient (Wildman–Crippen LogP) is 1.67. The molecule has 1 atom stereocenters. The van der Waals surface area contributed by atoms with Gasteiger partial charge in [0.05, 0.1) is 0 Å². The summed E-state index contributed by atoms with van der Waals surface area (Å²) in [4.78, 5) is 27.4. The molecule has 2 amide bonds. The van der Waals surface area contributed by atoms with Crippen molar-refractivity contribution in [3.63, 3.8) is 0 Å². The molecule has 1 aromatic rings. The van der Waals surface area contributed by atoms with E-state index < -0.39 is 0 Å². The molecule has 0 N–H and O–H groups in total. The van der Waals surface area contributed by atoms with Gasteiger partial charge in [-0.3, -0.25) is 9.59 Å². The Bertz CT molecular complexity index is 515. The van der Waals surface area contributed by atoms with Crippen molar-refractivity contribution >= 4 is 23.4 Å². The lowest BCUT2D eigenvalue weighted by Crippen LogP contribution is -2.56. The van der Waals surface area contributed by atoms with E-state index in [2.05, 4.69) is 0 Å². The van der Waals surface area contributed by atoms with Crippen LogP contribution < -0.4 is 0 Å². The molecule has 2 fully saturated rings. The maximum Gasteiger partial charge on any atom is 0.312 e. The van der Waals surface area contributed by atoms with E-state index in [9.17, 15) is 9.59 Å². The molecule has 0 radical (unpaired) electrons. The monoisotopic (exact) mass is 278 g/mol. The molecule has 5 heteroatoms. The van der Waals surface area contributed by atoms with Gasteiger partial charge in [0.2, 0.25) is 0 Å². The summed E-state index contributed by atoms with van der Waals surface area (Å²) in [5, 5.41) is 0.673. The molecule has 2 aliphatic heterocycles. The largest absolute Gasteiger partial charge is 0.330 e. The summed E-state index contributed by atoms with van der Waals surface area (Å²) in [6.45, 7) is 1.85. The number of nitrogens with zero attached hydrogens (tertiary/aromatic N) is 2. The maximum atomic E-state index is 12.0. The van der Waals surface area contributed by atoms with Gasteiger partial charge in [-0.1, -0.05) is 23.7 Å². The highest BCUT2D eigenvalue weighted by molar-refractivity contribution is 6.35. The number of benzene rings is 1. The molecule has 100 valence electrons. The van der Waals surface area contributed by atoms with Crippen LogP contribution in [0, 0.1) is 0 Å². The first-order valence-corrected chi connectivity index (χ1v) is 6.87. The number of carbonyl (C=O) groups excluding carboxylic acids is 2. The zero-order valence-corrected chi connectivity index (χ0v) is 11.3. The van der Waals surface area contributed by atoms with Crippen molar-refractivity contribution in [2.24, 2.45) is 0 Å². The van der Waals surface area contributed by atoms with E-state index in [4.69, 9.17) is 11.6 Å². The fourth-order valence-electron chi connectivity index (χ4n) is 2.83. The Morgan fingerprint density at radius 2 is 1.89 bits per heavy atom. The number of rotatable bonds is 2. The highest BCUT2D eigenvalue weighted by Gasteiger charge is 2.41. The smallest absolute Gasteiger partial charge is 0.312 e. The SMILES string of the molecule is O=C1C(=O)N2CCCC2CN1Cc1ccc(Cl)cc1. The van der Waals surface area contributed by atoms with Crippen molar-refractivity contribution < 1.29 is 9.59 Å². The van der Waals surface area contributed by atoms with E-state index in [0.29, 0.717) is 18.1 Å². The van der Waals surface area contributed by atoms with Gasteiger partial charge in [0.25, 0.3) is 0 Å². The topological polar surface area (TPSA) is 40.6 Å². The van der Waals surface area contributed by atoms with Crippen molar-refractivity contribution in [2.75, 3.05) is 13.1 Å². The van der Waals surface area contributed by atoms with Gasteiger partial charge in [0.1, 0.15) is 0 Å². The van der Waals surface area contributed by atoms with Gasteiger partial charge < -0.3 is 9.80 Å². The van der Waals surface area contributed by atoms with Crippen LogP contribution in [0.5, 0.6) is 0 Å². The zero-order chi connectivity index (χ0) is 13.4. The predicted molar refractivity (Wildman–Crippen MR) is 71.6 cm³/mol. The van der Waals surface area contributed by atoms with Gasteiger partial charge in [-0.05, 0) is 30.5 Å². The maximum absolute atomic E-state index is 12.0. The Hall–Kier alpha value is -1.55.